The van der Waals surface area contributed by atoms with E-state index in [0.717, 1.165) is 76.7 Å². The lowest BCUT2D eigenvalue weighted by atomic mass is 9.80. The molecule has 0 spiro atoms. The number of phenols is 2. The molecule has 0 radical (unpaired) electrons. The summed E-state index contributed by atoms with van der Waals surface area (Å²) in [6.07, 6.45) is 3.66. The fraction of sp³-hybridized carbons (Fsp3) is 0.296. The van der Waals surface area contributed by atoms with Gasteiger partial charge in [0.05, 0.1) is 22.5 Å². The van der Waals surface area contributed by atoms with Crippen LogP contribution >= 0.6 is 0 Å². The number of hydrogen-bond acceptors (Lipinski definition) is 4. The highest BCUT2D eigenvalue weighted by molar-refractivity contribution is 6.08. The maximum atomic E-state index is 11.4. The third kappa shape index (κ3) is 7.65. The smallest absolute Gasteiger partial charge is 0.129 e. The van der Waals surface area contributed by atoms with Gasteiger partial charge in [-0.2, -0.15) is 0 Å². The molecule has 8 aromatic rings. The summed E-state index contributed by atoms with van der Waals surface area (Å²) in [5.41, 5.74) is 7.53. The van der Waals surface area contributed by atoms with Gasteiger partial charge in [-0.3, -0.25) is 9.97 Å². The minimum absolute atomic E-state index is 0.0613. The summed E-state index contributed by atoms with van der Waals surface area (Å²) in [5.74, 6) is 0.662. The van der Waals surface area contributed by atoms with Gasteiger partial charge in [0, 0.05) is 34.3 Å². The van der Waals surface area contributed by atoms with E-state index in [1.54, 1.807) is 0 Å². The number of fused-ring (bicyclic) bond motifs is 4. The van der Waals surface area contributed by atoms with Gasteiger partial charge < -0.3 is 10.2 Å². The molecule has 296 valence electrons. The zero-order chi connectivity index (χ0) is 41.9. The second kappa shape index (κ2) is 14.6. The Morgan fingerprint density at radius 1 is 0.362 bits per heavy atom. The third-order valence-electron chi connectivity index (χ3n) is 11.4. The molecule has 0 saturated heterocycles. The van der Waals surface area contributed by atoms with Gasteiger partial charge in [-0.1, -0.05) is 168 Å². The number of phenolic OH excluding ortho intramolecular Hbond substituents is 2. The first kappa shape index (κ1) is 40.5. The van der Waals surface area contributed by atoms with Crippen LogP contribution in [0.25, 0.3) is 65.6 Å². The fourth-order valence-electron chi connectivity index (χ4n) is 7.99. The van der Waals surface area contributed by atoms with Gasteiger partial charge in [0.25, 0.3) is 0 Å². The highest BCUT2D eigenvalue weighted by atomic mass is 16.3. The first-order valence-corrected chi connectivity index (χ1v) is 20.4. The maximum Gasteiger partial charge on any atom is 0.129 e. The lowest BCUT2D eigenvalue weighted by Gasteiger charge is -2.25. The lowest BCUT2D eigenvalue weighted by Crippen LogP contribution is -2.13. The molecule has 6 aromatic carbocycles. The molecule has 2 N–H and O–H groups in total. The van der Waals surface area contributed by atoms with Gasteiger partial charge in [0.15, 0.2) is 0 Å². The Balaban J connectivity index is 0.000000177. The standard InChI is InChI=1S/2C27H29NO/c2*1-26(2,3)19-11-12-20-18(15-19)16-22(27(4,5)6)25(29)23(20)24-21-10-8-7-9-17(21)13-14-28-24/h2*7-16,29H,1-6H3. The van der Waals surface area contributed by atoms with Crippen molar-refractivity contribution < 1.29 is 10.2 Å². The average Bonchev–Trinajstić information content (AvgIpc) is 3.15. The molecular formula is C54H58N2O2. The molecule has 4 nitrogen and oxygen atoms in total. The molecule has 0 unspecified atom stereocenters. The summed E-state index contributed by atoms with van der Waals surface area (Å²) in [5, 5.41) is 31.6. The summed E-state index contributed by atoms with van der Waals surface area (Å²) in [6.45, 7) is 26.2. The summed E-state index contributed by atoms with van der Waals surface area (Å²) in [4.78, 5) is 9.44. The predicted molar refractivity (Wildman–Crippen MR) is 247 cm³/mol. The highest BCUT2D eigenvalue weighted by Crippen LogP contribution is 2.47. The molecule has 0 bridgehead atoms. The van der Waals surface area contributed by atoms with Gasteiger partial charge in [-0.05, 0) is 89.4 Å². The van der Waals surface area contributed by atoms with E-state index in [1.807, 2.05) is 48.8 Å². The Kier molecular flexibility index (Phi) is 10.2. The zero-order valence-electron chi connectivity index (χ0n) is 36.3. The molecule has 0 amide bonds. The van der Waals surface area contributed by atoms with Crippen molar-refractivity contribution in [3.8, 4) is 34.0 Å². The Labute approximate surface area is 344 Å². The number of rotatable bonds is 2. The van der Waals surface area contributed by atoms with E-state index < -0.39 is 0 Å². The Hall–Kier alpha value is -5.74. The molecule has 0 aliphatic carbocycles. The van der Waals surface area contributed by atoms with Crippen molar-refractivity contribution in [2.24, 2.45) is 0 Å². The van der Waals surface area contributed by atoms with Crippen molar-refractivity contribution in [1.29, 1.82) is 0 Å². The van der Waals surface area contributed by atoms with Gasteiger partial charge in [-0.15, -0.1) is 0 Å². The molecule has 2 heterocycles. The van der Waals surface area contributed by atoms with E-state index in [4.69, 9.17) is 9.97 Å². The Morgan fingerprint density at radius 2 is 0.724 bits per heavy atom. The van der Waals surface area contributed by atoms with Crippen molar-refractivity contribution in [3.05, 3.63) is 144 Å². The third-order valence-corrected chi connectivity index (χ3v) is 11.4. The monoisotopic (exact) mass is 766 g/mol. The quantitative estimate of drug-likeness (QED) is 0.184. The Bertz CT molecular complexity index is 2630. The number of pyridine rings is 2. The fourth-order valence-corrected chi connectivity index (χ4v) is 7.99. The number of aromatic hydroxyl groups is 2. The van der Waals surface area contributed by atoms with Crippen LogP contribution < -0.4 is 0 Å². The summed E-state index contributed by atoms with van der Waals surface area (Å²) in [6, 6.07) is 37.9. The van der Waals surface area contributed by atoms with Crippen molar-refractivity contribution in [3.63, 3.8) is 0 Å². The van der Waals surface area contributed by atoms with E-state index in [9.17, 15) is 10.2 Å². The number of hydrogen-bond donors (Lipinski definition) is 2. The van der Waals surface area contributed by atoms with E-state index in [0.29, 0.717) is 11.5 Å². The van der Waals surface area contributed by atoms with Crippen LogP contribution in [0.15, 0.2) is 122 Å². The van der Waals surface area contributed by atoms with E-state index in [2.05, 4.69) is 156 Å². The van der Waals surface area contributed by atoms with Gasteiger partial charge in [-0.25, -0.2) is 0 Å². The molecule has 0 atom stereocenters. The average molecular weight is 767 g/mol. The number of benzene rings is 6. The van der Waals surface area contributed by atoms with Crippen LogP contribution in [0.5, 0.6) is 11.5 Å². The summed E-state index contributed by atoms with van der Waals surface area (Å²) < 4.78 is 0. The van der Waals surface area contributed by atoms with Crippen molar-refractivity contribution in [1.82, 2.24) is 9.97 Å². The first-order chi connectivity index (χ1) is 27.1. The minimum atomic E-state index is -0.185. The van der Waals surface area contributed by atoms with Crippen LogP contribution in [-0.2, 0) is 21.7 Å². The number of aromatic nitrogens is 2. The second-order valence-corrected chi connectivity index (χ2v) is 19.9. The maximum absolute atomic E-state index is 11.4. The topological polar surface area (TPSA) is 66.2 Å². The van der Waals surface area contributed by atoms with E-state index >= 15 is 0 Å². The van der Waals surface area contributed by atoms with Gasteiger partial charge >= 0.3 is 0 Å². The van der Waals surface area contributed by atoms with Crippen molar-refractivity contribution in [2.75, 3.05) is 0 Å². The summed E-state index contributed by atoms with van der Waals surface area (Å²) in [7, 11) is 0. The molecule has 4 heteroatoms. The van der Waals surface area contributed by atoms with Crippen LogP contribution in [0.4, 0.5) is 0 Å². The second-order valence-electron chi connectivity index (χ2n) is 19.9. The summed E-state index contributed by atoms with van der Waals surface area (Å²) >= 11 is 0. The molecular weight excluding hydrogens is 709 g/mol. The van der Waals surface area contributed by atoms with E-state index in [1.165, 1.54) is 11.1 Å². The first-order valence-electron chi connectivity index (χ1n) is 20.4. The van der Waals surface area contributed by atoms with Crippen LogP contribution in [0, 0.1) is 0 Å². The van der Waals surface area contributed by atoms with Crippen molar-refractivity contribution >= 4 is 43.1 Å². The normalized spacial score (nSPS) is 12.6. The molecule has 0 aliphatic heterocycles. The molecule has 0 saturated carbocycles. The van der Waals surface area contributed by atoms with Gasteiger partial charge in [0.2, 0.25) is 0 Å². The largest absolute Gasteiger partial charge is 0.507 e. The zero-order valence-corrected chi connectivity index (χ0v) is 36.3. The lowest BCUT2D eigenvalue weighted by molar-refractivity contribution is 0.449. The van der Waals surface area contributed by atoms with Gasteiger partial charge in [0.1, 0.15) is 11.5 Å². The molecule has 2 aromatic heterocycles. The predicted octanol–water partition coefficient (Wildman–Crippen LogP) is 14.7. The number of nitrogens with zero attached hydrogens (tertiary/aromatic N) is 2. The molecule has 8 rings (SSSR count). The van der Waals surface area contributed by atoms with Crippen LogP contribution in [0.3, 0.4) is 0 Å². The Morgan fingerprint density at radius 3 is 1.07 bits per heavy atom. The van der Waals surface area contributed by atoms with Crippen LogP contribution in [0.2, 0.25) is 0 Å². The van der Waals surface area contributed by atoms with Crippen LogP contribution in [0.1, 0.15) is 105 Å². The SMILES string of the molecule is CC(C)(C)c1ccc2c(-c3nccc4ccccc34)c(O)c(C(C)(C)C)cc2c1.CC(C)(C)c1ccc2c(-c3nccc4ccccc34)c(O)c(C(C)(C)C)cc2c1. The highest BCUT2D eigenvalue weighted by Gasteiger charge is 2.27. The van der Waals surface area contributed by atoms with Crippen molar-refractivity contribution in [2.45, 2.75) is 105 Å². The molecule has 0 fully saturated rings. The minimum Gasteiger partial charge on any atom is -0.507 e. The molecule has 58 heavy (non-hydrogen) atoms. The van der Waals surface area contributed by atoms with Crippen LogP contribution in [-0.4, -0.2) is 20.2 Å². The van der Waals surface area contributed by atoms with E-state index in [-0.39, 0.29) is 21.7 Å². The molecule has 0 aliphatic rings.